The summed E-state index contributed by atoms with van der Waals surface area (Å²) in [6.07, 6.45) is 0.890. The number of carbonyl (C=O) groups is 2. The molecule has 2 heterocycles. The lowest BCUT2D eigenvalue weighted by molar-refractivity contribution is 0.0962. The number of anilines is 2. The number of benzene rings is 1. The summed E-state index contributed by atoms with van der Waals surface area (Å²) in [5.41, 5.74) is 2.56. The summed E-state index contributed by atoms with van der Waals surface area (Å²) in [5.74, 6) is 1.38. The predicted molar refractivity (Wildman–Crippen MR) is 114 cm³/mol. The van der Waals surface area contributed by atoms with Crippen molar-refractivity contribution in [2.75, 3.05) is 50.1 Å². The molecule has 1 saturated heterocycles. The van der Waals surface area contributed by atoms with Crippen LogP contribution in [0.4, 0.5) is 16.6 Å². The molecule has 0 radical (unpaired) electrons. The second-order valence-electron chi connectivity index (χ2n) is 7.56. The van der Waals surface area contributed by atoms with Gasteiger partial charge in [-0.2, -0.15) is 4.98 Å². The maximum atomic E-state index is 12.9. The number of rotatable bonds is 4. The molecule has 1 aliphatic carbocycles. The maximum absolute atomic E-state index is 12.9. The molecule has 30 heavy (non-hydrogen) atoms. The second-order valence-corrected chi connectivity index (χ2v) is 7.56. The number of nitrogens with zero attached hydrogens (tertiary/aromatic N) is 4. The molecule has 1 aromatic heterocycles. The number of amides is 1. The van der Waals surface area contributed by atoms with Gasteiger partial charge in [0.1, 0.15) is 5.82 Å². The first-order valence-electron chi connectivity index (χ1n) is 10.4. The average Bonchev–Trinajstić information content (AvgIpc) is 2.79. The Labute approximate surface area is 176 Å². The fraction of sp³-hybridized carbons (Fsp3) is 0.455. The third-order valence-corrected chi connectivity index (χ3v) is 5.72. The number of aromatic nitrogens is 2. The molecule has 1 unspecified atom stereocenters. The number of ketones is 1. The lowest BCUT2D eigenvalue weighted by Gasteiger charge is -2.35. The molecule has 0 spiro atoms. The van der Waals surface area contributed by atoms with E-state index in [0.717, 1.165) is 11.3 Å². The van der Waals surface area contributed by atoms with E-state index < -0.39 is 0 Å². The Balaban J connectivity index is 1.57. The van der Waals surface area contributed by atoms with E-state index in [1.54, 1.807) is 18.9 Å². The Morgan fingerprint density at radius 3 is 2.53 bits per heavy atom. The Bertz CT molecular complexity index is 926. The smallest absolute Gasteiger partial charge is 0.409 e. The minimum absolute atomic E-state index is 0.0770. The van der Waals surface area contributed by atoms with Gasteiger partial charge < -0.3 is 19.9 Å². The van der Waals surface area contributed by atoms with Crippen molar-refractivity contribution in [2.24, 2.45) is 0 Å². The van der Waals surface area contributed by atoms with Crippen molar-refractivity contribution < 1.29 is 14.3 Å². The van der Waals surface area contributed by atoms with Gasteiger partial charge in [-0.3, -0.25) is 4.79 Å². The first-order valence-corrected chi connectivity index (χ1v) is 10.4. The molecule has 8 nitrogen and oxygen atoms in total. The van der Waals surface area contributed by atoms with Crippen molar-refractivity contribution in [3.8, 4) is 0 Å². The van der Waals surface area contributed by atoms with Gasteiger partial charge in [0.05, 0.1) is 17.9 Å². The van der Waals surface area contributed by atoms with Crippen molar-refractivity contribution >= 4 is 23.6 Å². The van der Waals surface area contributed by atoms with Crippen LogP contribution in [0.15, 0.2) is 30.3 Å². The van der Waals surface area contributed by atoms with Crippen LogP contribution in [-0.4, -0.2) is 66.6 Å². The van der Waals surface area contributed by atoms with E-state index in [9.17, 15) is 9.59 Å². The Kier molecular flexibility index (Phi) is 5.83. The summed E-state index contributed by atoms with van der Waals surface area (Å²) in [7, 11) is 1.78. The number of ether oxygens (including phenoxy) is 1. The number of hydrogen-bond donors (Lipinski definition) is 1. The molecular weight excluding hydrogens is 382 g/mol. The van der Waals surface area contributed by atoms with E-state index in [4.69, 9.17) is 9.72 Å². The van der Waals surface area contributed by atoms with E-state index >= 15 is 0 Å². The largest absolute Gasteiger partial charge is 0.450 e. The van der Waals surface area contributed by atoms with E-state index in [1.807, 2.05) is 18.2 Å². The van der Waals surface area contributed by atoms with E-state index in [0.29, 0.717) is 63.0 Å². The number of piperazine rings is 1. The molecule has 1 atom stereocenters. The highest BCUT2D eigenvalue weighted by Gasteiger charge is 2.32. The van der Waals surface area contributed by atoms with Crippen LogP contribution in [0.25, 0.3) is 0 Å². The fourth-order valence-corrected chi connectivity index (χ4v) is 4.15. The Morgan fingerprint density at radius 1 is 1.13 bits per heavy atom. The van der Waals surface area contributed by atoms with Crippen molar-refractivity contribution in [1.29, 1.82) is 0 Å². The van der Waals surface area contributed by atoms with Gasteiger partial charge in [-0.25, -0.2) is 9.78 Å². The fourth-order valence-electron chi connectivity index (χ4n) is 4.15. The van der Waals surface area contributed by atoms with Crippen LogP contribution < -0.4 is 10.2 Å². The average molecular weight is 409 g/mol. The molecule has 1 fully saturated rings. The minimum Gasteiger partial charge on any atom is -0.450 e. The highest BCUT2D eigenvalue weighted by molar-refractivity contribution is 6.03. The van der Waals surface area contributed by atoms with E-state index in [1.165, 1.54) is 0 Å². The lowest BCUT2D eigenvalue weighted by Crippen LogP contribution is -2.49. The van der Waals surface area contributed by atoms with Crippen LogP contribution in [0.2, 0.25) is 0 Å². The third kappa shape index (κ3) is 3.94. The van der Waals surface area contributed by atoms with Crippen LogP contribution in [0.5, 0.6) is 0 Å². The van der Waals surface area contributed by atoms with Crippen molar-refractivity contribution in [2.45, 2.75) is 25.7 Å². The summed E-state index contributed by atoms with van der Waals surface area (Å²) >= 11 is 0. The van der Waals surface area contributed by atoms with E-state index in [-0.39, 0.29) is 17.8 Å². The van der Waals surface area contributed by atoms with Crippen LogP contribution in [0, 0.1) is 0 Å². The number of hydrogen-bond acceptors (Lipinski definition) is 7. The van der Waals surface area contributed by atoms with Crippen molar-refractivity contribution in [1.82, 2.24) is 14.9 Å². The highest BCUT2D eigenvalue weighted by Crippen LogP contribution is 2.35. The van der Waals surface area contributed by atoms with Crippen LogP contribution >= 0.6 is 0 Å². The molecule has 1 N–H and O–H groups in total. The number of carbonyl (C=O) groups excluding carboxylic acids is 2. The number of nitrogens with one attached hydrogen (secondary N) is 1. The Morgan fingerprint density at radius 2 is 1.87 bits per heavy atom. The molecular formula is C22H27N5O3. The number of fused-ring (bicyclic) bond motifs is 1. The van der Waals surface area contributed by atoms with Crippen LogP contribution in [-0.2, 0) is 11.2 Å². The number of Topliss-reactive ketones (excluding diaryl/α,β-unsaturated/α-hetero) is 1. The minimum atomic E-state index is -0.282. The monoisotopic (exact) mass is 409 g/mol. The quantitative estimate of drug-likeness (QED) is 0.831. The van der Waals surface area contributed by atoms with Crippen LogP contribution in [0.1, 0.15) is 40.9 Å². The summed E-state index contributed by atoms with van der Waals surface area (Å²) in [6, 6.07) is 10.1. The van der Waals surface area contributed by atoms with Gasteiger partial charge >= 0.3 is 6.09 Å². The SMILES string of the molecule is CCOC(=O)N1CCN(c2nc3c(c(NC)n2)C(=O)CC(c2ccccc2)C3)CC1. The first kappa shape index (κ1) is 20.1. The third-order valence-electron chi connectivity index (χ3n) is 5.72. The zero-order chi connectivity index (χ0) is 21.1. The van der Waals surface area contributed by atoms with Gasteiger partial charge in [0.25, 0.3) is 0 Å². The summed E-state index contributed by atoms with van der Waals surface area (Å²) in [5, 5.41) is 3.08. The molecule has 1 aliphatic heterocycles. The van der Waals surface area contributed by atoms with Gasteiger partial charge in [-0.05, 0) is 24.8 Å². The zero-order valence-electron chi connectivity index (χ0n) is 17.4. The summed E-state index contributed by atoms with van der Waals surface area (Å²) < 4.78 is 5.09. The molecule has 4 rings (SSSR count). The molecule has 2 aliphatic rings. The Hall–Kier alpha value is -3.16. The first-order chi connectivity index (χ1) is 14.6. The highest BCUT2D eigenvalue weighted by atomic mass is 16.6. The summed E-state index contributed by atoms with van der Waals surface area (Å²) in [6.45, 7) is 4.53. The van der Waals surface area contributed by atoms with Gasteiger partial charge in [0.15, 0.2) is 5.78 Å². The maximum Gasteiger partial charge on any atom is 0.409 e. The normalized spacial score (nSPS) is 18.7. The second kappa shape index (κ2) is 8.69. The van der Waals surface area contributed by atoms with Gasteiger partial charge in [0, 0.05) is 39.6 Å². The topological polar surface area (TPSA) is 87.7 Å². The zero-order valence-corrected chi connectivity index (χ0v) is 17.4. The standard InChI is InChI=1S/C22H27N5O3/c1-3-30-22(29)27-11-9-26(10-12-27)21-24-17-13-16(15-7-5-4-6-8-15)14-18(28)19(17)20(23-2)25-21/h4-8,16H,3,9-14H2,1-2H3,(H,23,24,25). The molecule has 1 amide bonds. The predicted octanol–water partition coefficient (Wildman–Crippen LogP) is 2.71. The van der Waals surface area contributed by atoms with E-state index in [2.05, 4.69) is 27.3 Å². The van der Waals surface area contributed by atoms with Gasteiger partial charge in [-0.15, -0.1) is 0 Å². The van der Waals surface area contributed by atoms with Crippen molar-refractivity contribution in [3.05, 3.63) is 47.2 Å². The molecule has 0 saturated carbocycles. The van der Waals surface area contributed by atoms with Crippen molar-refractivity contribution in [3.63, 3.8) is 0 Å². The van der Waals surface area contributed by atoms with Crippen LogP contribution in [0.3, 0.4) is 0 Å². The molecule has 2 aromatic rings. The lowest BCUT2D eigenvalue weighted by atomic mass is 9.82. The summed E-state index contributed by atoms with van der Waals surface area (Å²) in [4.78, 5) is 38.1. The molecule has 1 aromatic carbocycles. The molecule has 8 heteroatoms. The molecule has 0 bridgehead atoms. The van der Waals surface area contributed by atoms with Gasteiger partial charge in [-0.1, -0.05) is 30.3 Å². The van der Waals surface area contributed by atoms with Gasteiger partial charge in [0.2, 0.25) is 5.95 Å². The molecule has 158 valence electrons.